The van der Waals surface area contributed by atoms with Gasteiger partial charge in [-0.2, -0.15) is 0 Å². The van der Waals surface area contributed by atoms with Crippen LogP contribution in [0.4, 0.5) is 0 Å². The molecule has 0 aliphatic rings. The van der Waals surface area contributed by atoms with Crippen molar-refractivity contribution < 1.29 is 4.79 Å². The number of Topliss-reactive ketones (excluding diaryl/α,β-unsaturated/α-hetero) is 1. The lowest BCUT2D eigenvalue weighted by Gasteiger charge is -2.30. The number of hydrogen-bond donors (Lipinski definition) is 1. The second-order valence-electron chi connectivity index (χ2n) is 5.38. The van der Waals surface area contributed by atoms with Gasteiger partial charge in [-0.15, -0.1) is 0 Å². The summed E-state index contributed by atoms with van der Waals surface area (Å²) >= 11 is 0. The Labute approximate surface area is 93.9 Å². The third kappa shape index (κ3) is 5.73. The van der Waals surface area contributed by atoms with Crippen LogP contribution < -0.4 is 5.73 Å². The van der Waals surface area contributed by atoms with Gasteiger partial charge in [0.15, 0.2) is 5.78 Å². The van der Waals surface area contributed by atoms with Crippen molar-refractivity contribution >= 4 is 5.78 Å². The zero-order valence-electron chi connectivity index (χ0n) is 10.6. The van der Waals surface area contributed by atoms with Gasteiger partial charge in [0.2, 0.25) is 0 Å². The first-order valence-corrected chi connectivity index (χ1v) is 5.67. The van der Waals surface area contributed by atoms with Crippen LogP contribution in [0, 0.1) is 11.3 Å². The molecule has 0 radical (unpaired) electrons. The number of carbonyl (C=O) groups excluding carboxylic acids is 1. The van der Waals surface area contributed by atoms with Gasteiger partial charge in [0.1, 0.15) is 0 Å². The zero-order valence-corrected chi connectivity index (χ0v) is 10.6. The first kappa shape index (κ1) is 14.4. The van der Waals surface area contributed by atoms with E-state index in [1.54, 1.807) is 6.92 Å². The summed E-state index contributed by atoms with van der Waals surface area (Å²) in [5, 5.41) is 0. The molecule has 0 aromatic heterocycles. The number of hydrogen-bond acceptors (Lipinski definition) is 2. The summed E-state index contributed by atoms with van der Waals surface area (Å²) in [5.74, 6) is 0.701. The van der Waals surface area contributed by atoms with Gasteiger partial charge in [0, 0.05) is 6.42 Å². The van der Waals surface area contributed by atoms with E-state index in [1.807, 2.05) is 0 Å². The van der Waals surface area contributed by atoms with Crippen molar-refractivity contribution in [3.63, 3.8) is 0 Å². The van der Waals surface area contributed by atoms with Crippen LogP contribution in [0.1, 0.15) is 47.0 Å². The van der Waals surface area contributed by atoms with E-state index in [4.69, 9.17) is 5.73 Å². The van der Waals surface area contributed by atoms with Crippen LogP contribution in [0.2, 0.25) is 0 Å². The van der Waals surface area contributed by atoms with Crippen molar-refractivity contribution in [2.24, 2.45) is 17.1 Å². The molecule has 2 nitrogen and oxygen atoms in total. The summed E-state index contributed by atoms with van der Waals surface area (Å²) in [6, 6.07) is 0. The summed E-state index contributed by atoms with van der Waals surface area (Å²) in [5.41, 5.74) is 6.48. The molecule has 0 spiro atoms. The van der Waals surface area contributed by atoms with Crippen molar-refractivity contribution in [2.45, 2.75) is 47.0 Å². The Bertz CT molecular complexity index is 225. The number of nitrogens with two attached hydrogens (primary N) is 1. The van der Waals surface area contributed by atoms with E-state index in [0.717, 1.165) is 12.8 Å². The molecule has 0 bridgehead atoms. The van der Waals surface area contributed by atoms with Crippen LogP contribution in [-0.2, 0) is 4.79 Å². The molecule has 0 heterocycles. The molecule has 0 rings (SSSR count). The van der Waals surface area contributed by atoms with Gasteiger partial charge in [0.05, 0.1) is 0 Å². The molecule has 88 valence electrons. The first-order valence-electron chi connectivity index (χ1n) is 5.67. The van der Waals surface area contributed by atoms with Gasteiger partial charge in [0.25, 0.3) is 0 Å². The van der Waals surface area contributed by atoms with Gasteiger partial charge in [-0.05, 0) is 43.2 Å². The van der Waals surface area contributed by atoms with Crippen molar-refractivity contribution in [3.05, 3.63) is 12.2 Å². The largest absolute Gasteiger partial charge is 0.330 e. The summed E-state index contributed by atoms with van der Waals surface area (Å²) in [6.07, 6.45) is 2.52. The van der Waals surface area contributed by atoms with Crippen LogP contribution in [0.5, 0.6) is 0 Å². The topological polar surface area (TPSA) is 43.1 Å². The predicted molar refractivity (Wildman–Crippen MR) is 65.7 cm³/mol. The molecule has 0 aliphatic carbocycles. The maximum atomic E-state index is 11.4. The number of carbonyl (C=O) groups is 1. The van der Waals surface area contributed by atoms with Crippen LogP contribution in [0.25, 0.3) is 0 Å². The van der Waals surface area contributed by atoms with Crippen molar-refractivity contribution in [2.75, 3.05) is 6.54 Å². The summed E-state index contributed by atoms with van der Waals surface area (Å²) in [7, 11) is 0. The van der Waals surface area contributed by atoms with Crippen LogP contribution in [0.15, 0.2) is 12.2 Å². The van der Waals surface area contributed by atoms with Crippen LogP contribution >= 0.6 is 0 Å². The average molecular weight is 211 g/mol. The average Bonchev–Trinajstić information content (AvgIpc) is 2.09. The van der Waals surface area contributed by atoms with E-state index in [2.05, 4.69) is 27.4 Å². The van der Waals surface area contributed by atoms with E-state index in [1.165, 1.54) is 0 Å². The normalized spacial score (nSPS) is 13.7. The Balaban J connectivity index is 4.19. The van der Waals surface area contributed by atoms with E-state index in [-0.39, 0.29) is 11.2 Å². The molecular weight excluding hydrogens is 186 g/mol. The fraction of sp³-hybridized carbons (Fsp3) is 0.769. The lowest BCUT2D eigenvalue weighted by atomic mass is 9.76. The zero-order chi connectivity index (χ0) is 12.1. The molecule has 0 aromatic carbocycles. The molecule has 0 saturated carbocycles. The Kier molecular flexibility index (Phi) is 5.81. The number of rotatable bonds is 6. The molecule has 0 aromatic rings. The monoisotopic (exact) mass is 211 g/mol. The molecule has 1 atom stereocenters. The first-order chi connectivity index (χ1) is 6.79. The quantitative estimate of drug-likeness (QED) is 0.686. The van der Waals surface area contributed by atoms with Crippen LogP contribution in [0.3, 0.4) is 0 Å². The fourth-order valence-electron chi connectivity index (χ4n) is 1.73. The fourth-order valence-corrected chi connectivity index (χ4v) is 1.73. The minimum absolute atomic E-state index is 0.182. The van der Waals surface area contributed by atoms with Gasteiger partial charge in [-0.1, -0.05) is 27.4 Å². The van der Waals surface area contributed by atoms with Crippen molar-refractivity contribution in [1.82, 2.24) is 0 Å². The third-order valence-electron chi connectivity index (χ3n) is 2.94. The lowest BCUT2D eigenvalue weighted by molar-refractivity contribution is -0.115. The highest BCUT2D eigenvalue weighted by molar-refractivity contribution is 5.94. The van der Waals surface area contributed by atoms with Crippen molar-refractivity contribution in [1.29, 1.82) is 0 Å². The highest BCUT2D eigenvalue weighted by Crippen LogP contribution is 2.32. The molecule has 15 heavy (non-hydrogen) atoms. The Hall–Kier alpha value is -0.630. The van der Waals surface area contributed by atoms with E-state index in [0.29, 0.717) is 24.5 Å². The van der Waals surface area contributed by atoms with Gasteiger partial charge in [-0.3, -0.25) is 4.79 Å². The smallest absolute Gasteiger partial charge is 0.157 e. The second kappa shape index (κ2) is 6.06. The predicted octanol–water partition coefficient (Wildman–Crippen LogP) is 2.92. The highest BCUT2D eigenvalue weighted by Gasteiger charge is 2.24. The van der Waals surface area contributed by atoms with Gasteiger partial charge in [-0.25, -0.2) is 0 Å². The minimum atomic E-state index is 0.182. The molecule has 2 N–H and O–H groups in total. The molecular formula is C13H25NO. The molecule has 0 saturated heterocycles. The van der Waals surface area contributed by atoms with Crippen molar-refractivity contribution in [3.8, 4) is 0 Å². The van der Waals surface area contributed by atoms with E-state index < -0.39 is 0 Å². The van der Waals surface area contributed by atoms with E-state index in [9.17, 15) is 4.79 Å². The minimum Gasteiger partial charge on any atom is -0.330 e. The summed E-state index contributed by atoms with van der Waals surface area (Å²) in [6.45, 7) is 12.8. The Morgan fingerprint density at radius 1 is 1.33 bits per heavy atom. The molecule has 0 amide bonds. The molecule has 0 aliphatic heterocycles. The summed E-state index contributed by atoms with van der Waals surface area (Å²) < 4.78 is 0. The number of ketones is 1. The number of allylic oxidation sites excluding steroid dienone is 1. The Morgan fingerprint density at radius 3 is 2.20 bits per heavy atom. The second-order valence-corrected chi connectivity index (χ2v) is 5.38. The SMILES string of the molecule is C=C(C)C(=O)CCC(CCN)C(C)(C)C. The van der Waals surface area contributed by atoms with Gasteiger partial charge < -0.3 is 5.73 Å². The van der Waals surface area contributed by atoms with Crippen LogP contribution in [-0.4, -0.2) is 12.3 Å². The van der Waals surface area contributed by atoms with Gasteiger partial charge >= 0.3 is 0 Å². The summed E-state index contributed by atoms with van der Waals surface area (Å²) in [4.78, 5) is 11.4. The lowest BCUT2D eigenvalue weighted by Crippen LogP contribution is -2.24. The standard InChI is InChI=1S/C13H25NO/c1-10(2)12(15)7-6-11(8-9-14)13(3,4)5/h11H,1,6-9,14H2,2-5H3. The molecule has 1 unspecified atom stereocenters. The maximum Gasteiger partial charge on any atom is 0.157 e. The Morgan fingerprint density at radius 2 is 1.87 bits per heavy atom. The third-order valence-corrected chi connectivity index (χ3v) is 2.94. The van der Waals surface area contributed by atoms with E-state index >= 15 is 0 Å². The maximum absolute atomic E-state index is 11.4. The molecule has 0 fully saturated rings. The highest BCUT2D eigenvalue weighted by atomic mass is 16.1. The molecule has 2 heteroatoms.